The predicted molar refractivity (Wildman–Crippen MR) is 84.9 cm³/mol. The summed E-state index contributed by atoms with van der Waals surface area (Å²) in [5, 5.41) is 0. The Hall–Kier alpha value is -1.96. The van der Waals surface area contributed by atoms with E-state index in [1.165, 1.54) is 23.4 Å². The molecule has 4 amide bonds. The number of urea groups is 1. The van der Waals surface area contributed by atoms with E-state index < -0.39 is 17.9 Å². The second-order valence-electron chi connectivity index (χ2n) is 5.18. The van der Waals surface area contributed by atoms with Crippen LogP contribution in [0.4, 0.5) is 4.79 Å². The first-order valence-corrected chi connectivity index (χ1v) is 7.97. The molecule has 0 radical (unpaired) electrons. The first-order valence-electron chi connectivity index (χ1n) is 6.98. The van der Waals surface area contributed by atoms with E-state index in [0.29, 0.717) is 5.84 Å². The summed E-state index contributed by atoms with van der Waals surface area (Å²) in [5.41, 5.74) is 6.15. The molecule has 7 nitrogen and oxygen atoms in total. The number of hydrogen-bond donors (Lipinski definition) is 1. The van der Waals surface area contributed by atoms with Gasteiger partial charge in [0.05, 0.1) is 19.8 Å². The summed E-state index contributed by atoms with van der Waals surface area (Å²) in [7, 11) is 3.04. The van der Waals surface area contributed by atoms with Crippen molar-refractivity contribution in [1.29, 1.82) is 0 Å². The number of amides is 4. The lowest BCUT2D eigenvalue weighted by molar-refractivity contribution is -0.407. The molecular formula is C14H19N4O3S+. The zero-order chi connectivity index (χ0) is 16.4. The Kier molecular flexibility index (Phi) is 4.80. The van der Waals surface area contributed by atoms with E-state index in [2.05, 4.69) is 4.99 Å². The lowest BCUT2D eigenvalue weighted by Crippen LogP contribution is -2.52. The number of thioether (sulfide) groups is 1. The molecule has 0 aromatic heterocycles. The molecular weight excluding hydrogens is 304 g/mol. The third-order valence-corrected chi connectivity index (χ3v) is 4.81. The maximum atomic E-state index is 12.5. The van der Waals surface area contributed by atoms with Crippen molar-refractivity contribution in [2.45, 2.75) is 19.8 Å². The summed E-state index contributed by atoms with van der Waals surface area (Å²) in [6.45, 7) is 2.03. The van der Waals surface area contributed by atoms with Gasteiger partial charge < -0.3 is 5.73 Å². The Balaban J connectivity index is 2.51. The molecule has 0 saturated carbocycles. The molecule has 0 spiro atoms. The van der Waals surface area contributed by atoms with Crippen LogP contribution in [0.5, 0.6) is 0 Å². The van der Waals surface area contributed by atoms with Crippen molar-refractivity contribution >= 4 is 41.7 Å². The minimum absolute atomic E-state index is 0.0921. The van der Waals surface area contributed by atoms with Crippen LogP contribution in [0.2, 0.25) is 0 Å². The van der Waals surface area contributed by atoms with E-state index in [1.54, 1.807) is 13.3 Å². The van der Waals surface area contributed by atoms with Crippen LogP contribution < -0.4 is 5.73 Å². The molecule has 22 heavy (non-hydrogen) atoms. The third kappa shape index (κ3) is 2.83. The molecule has 0 aromatic rings. The van der Waals surface area contributed by atoms with Crippen molar-refractivity contribution < 1.29 is 19.0 Å². The normalized spacial score (nSPS) is 21.6. The van der Waals surface area contributed by atoms with Crippen LogP contribution in [-0.4, -0.2) is 59.2 Å². The second-order valence-corrected chi connectivity index (χ2v) is 6.20. The molecule has 2 rings (SSSR count). The molecule has 1 unspecified atom stereocenters. The van der Waals surface area contributed by atoms with Gasteiger partial charge in [0.25, 0.3) is 5.84 Å². The number of hydrogen-bond acceptors (Lipinski definition) is 5. The van der Waals surface area contributed by atoms with Gasteiger partial charge in [-0.1, -0.05) is 13.3 Å². The first kappa shape index (κ1) is 16.4. The molecule has 2 aliphatic rings. The number of carbonyl (C=O) groups excluding carboxylic acids is 3. The minimum Gasteiger partial charge on any atom is -0.369 e. The van der Waals surface area contributed by atoms with Crippen molar-refractivity contribution in [3.05, 3.63) is 10.5 Å². The summed E-state index contributed by atoms with van der Waals surface area (Å²) < 4.78 is 1.37. The van der Waals surface area contributed by atoms with E-state index in [1.807, 2.05) is 6.92 Å². The van der Waals surface area contributed by atoms with E-state index >= 15 is 0 Å². The fourth-order valence-electron chi connectivity index (χ4n) is 2.48. The molecule has 0 aliphatic carbocycles. The number of primary amides is 1. The summed E-state index contributed by atoms with van der Waals surface area (Å²) in [6, 6.07) is -0.411. The highest BCUT2D eigenvalue weighted by Gasteiger charge is 2.48. The van der Waals surface area contributed by atoms with Crippen LogP contribution in [0.25, 0.3) is 0 Å². The summed E-state index contributed by atoms with van der Waals surface area (Å²) in [5.74, 6) is -0.910. The highest BCUT2D eigenvalue weighted by atomic mass is 32.2. The van der Waals surface area contributed by atoms with Gasteiger partial charge >= 0.3 is 11.9 Å². The van der Waals surface area contributed by atoms with Crippen LogP contribution in [-0.2, 0) is 9.59 Å². The molecule has 0 bridgehead atoms. The smallest absolute Gasteiger partial charge is 0.369 e. The first-order chi connectivity index (χ1) is 10.4. The number of imide groups is 1. The Labute approximate surface area is 132 Å². The molecule has 2 aliphatic heterocycles. The number of fused-ring (bicyclic) bond motifs is 1. The van der Waals surface area contributed by atoms with Gasteiger partial charge in [-0.25, -0.2) is 4.79 Å². The van der Waals surface area contributed by atoms with Gasteiger partial charge in [-0.3, -0.25) is 9.59 Å². The van der Waals surface area contributed by atoms with E-state index in [4.69, 9.17) is 5.73 Å². The lowest BCUT2D eigenvalue weighted by atomic mass is 9.96. The predicted octanol–water partition coefficient (Wildman–Crippen LogP) is 0.592. The molecule has 0 fully saturated rings. The number of dihydropyridines is 1. The summed E-state index contributed by atoms with van der Waals surface area (Å²) in [4.78, 5) is 41.8. The van der Waals surface area contributed by atoms with Crippen molar-refractivity contribution in [3.8, 4) is 0 Å². The zero-order valence-electron chi connectivity index (χ0n) is 12.8. The van der Waals surface area contributed by atoms with Gasteiger partial charge in [0, 0.05) is 4.91 Å². The van der Waals surface area contributed by atoms with Crippen LogP contribution in [0.15, 0.2) is 15.5 Å². The number of amidine groups is 1. The van der Waals surface area contributed by atoms with Crippen LogP contribution in [0.3, 0.4) is 0 Å². The second kappa shape index (κ2) is 6.43. The number of nitrogens with two attached hydrogens (primary N) is 1. The molecule has 0 aromatic carbocycles. The molecule has 2 N–H and O–H groups in total. The van der Waals surface area contributed by atoms with Gasteiger partial charge in [-0.05, 0) is 12.0 Å². The largest absolute Gasteiger partial charge is 0.445 e. The highest BCUT2D eigenvalue weighted by molar-refractivity contribution is 8.03. The van der Waals surface area contributed by atoms with E-state index in [0.717, 1.165) is 28.2 Å². The summed E-state index contributed by atoms with van der Waals surface area (Å²) in [6.07, 6.45) is 3.33. The Morgan fingerprint density at radius 3 is 2.77 bits per heavy atom. The van der Waals surface area contributed by atoms with Crippen LogP contribution >= 0.6 is 11.8 Å². The van der Waals surface area contributed by atoms with Crippen molar-refractivity contribution in [3.63, 3.8) is 0 Å². The summed E-state index contributed by atoms with van der Waals surface area (Å²) >= 11 is 1.26. The maximum Gasteiger partial charge on any atom is 0.445 e. The van der Waals surface area contributed by atoms with Gasteiger partial charge in [0.15, 0.2) is 5.92 Å². The molecule has 118 valence electrons. The number of aliphatic imine (C=N–C) groups is 1. The highest BCUT2D eigenvalue weighted by Crippen LogP contribution is 2.35. The van der Waals surface area contributed by atoms with Gasteiger partial charge in [-0.15, -0.1) is 16.8 Å². The van der Waals surface area contributed by atoms with E-state index in [9.17, 15) is 14.4 Å². The Morgan fingerprint density at radius 1 is 1.50 bits per heavy atom. The number of carbonyl (C=O) groups is 3. The minimum atomic E-state index is -0.636. The molecule has 1 atom stereocenters. The van der Waals surface area contributed by atoms with Crippen molar-refractivity contribution in [1.82, 2.24) is 4.90 Å². The monoisotopic (exact) mass is 323 g/mol. The molecule has 2 heterocycles. The zero-order valence-corrected chi connectivity index (χ0v) is 13.6. The standard InChI is InChI=1S/C14H18N4O3S/c1-4-5-8-6-16-12-10(11(8)22-7-9(15)19)13(20)18(3)14(21)17(12)2/h6,10H,4-5,7H2,1-3H3,(H-,15,19)/p+1. The average molecular weight is 323 g/mol. The lowest BCUT2D eigenvalue weighted by Gasteiger charge is -2.28. The fraction of sp³-hybridized carbons (Fsp3) is 0.500. The quantitative estimate of drug-likeness (QED) is 0.749. The fourth-order valence-corrected chi connectivity index (χ4v) is 3.49. The van der Waals surface area contributed by atoms with Crippen LogP contribution in [0, 0.1) is 5.92 Å². The number of rotatable bonds is 5. The molecule has 0 saturated heterocycles. The Bertz CT molecular complexity index is 636. The van der Waals surface area contributed by atoms with Crippen molar-refractivity contribution in [2.24, 2.45) is 16.6 Å². The Morgan fingerprint density at radius 2 is 2.18 bits per heavy atom. The number of nitrogens with zero attached hydrogens (tertiary/aromatic N) is 3. The average Bonchev–Trinajstić information content (AvgIpc) is 2.49. The maximum absolute atomic E-state index is 12.5. The molecule has 8 heteroatoms. The van der Waals surface area contributed by atoms with Crippen molar-refractivity contribution in [2.75, 3.05) is 19.8 Å². The van der Waals surface area contributed by atoms with E-state index in [-0.39, 0.29) is 11.7 Å². The SMILES string of the molecule is CCCC1=C(SCC(N)=O)C2C(=O)N(C)C(=O)[N+](C)=C2N=C1. The topological polar surface area (TPSA) is 95.8 Å². The van der Waals surface area contributed by atoms with Gasteiger partial charge in [0.2, 0.25) is 5.91 Å². The van der Waals surface area contributed by atoms with Crippen LogP contribution in [0.1, 0.15) is 19.8 Å². The third-order valence-electron chi connectivity index (χ3n) is 3.57. The van der Waals surface area contributed by atoms with Gasteiger partial charge in [-0.2, -0.15) is 9.48 Å². The van der Waals surface area contributed by atoms with Gasteiger partial charge in [0.1, 0.15) is 6.21 Å². The number of allylic oxidation sites excluding steroid dienone is 1.